The van der Waals surface area contributed by atoms with Gasteiger partial charge >= 0.3 is 0 Å². The van der Waals surface area contributed by atoms with Gasteiger partial charge in [0.15, 0.2) is 0 Å². The van der Waals surface area contributed by atoms with Crippen molar-refractivity contribution in [3.63, 3.8) is 0 Å². The first-order chi connectivity index (χ1) is 28.7. The van der Waals surface area contributed by atoms with Crippen LogP contribution in [0.3, 0.4) is 0 Å². The van der Waals surface area contributed by atoms with Gasteiger partial charge in [0.25, 0.3) is 0 Å². The van der Waals surface area contributed by atoms with Crippen LogP contribution in [0.4, 0.5) is 34.1 Å². The van der Waals surface area contributed by atoms with Crippen molar-refractivity contribution in [2.45, 2.75) is 5.41 Å². The molecule has 9 aromatic carbocycles. The van der Waals surface area contributed by atoms with Crippen LogP contribution in [0.15, 0.2) is 224 Å². The van der Waals surface area contributed by atoms with E-state index in [9.17, 15) is 0 Å². The number of fused-ring (bicyclic) bond motifs is 10. The molecule has 0 heterocycles. The first-order valence-corrected chi connectivity index (χ1v) is 20.2. The quantitative estimate of drug-likeness (QED) is 0.160. The van der Waals surface area contributed by atoms with Gasteiger partial charge in [-0.2, -0.15) is 0 Å². The molecule has 11 rings (SSSR count). The van der Waals surface area contributed by atoms with Gasteiger partial charge in [0, 0.05) is 39.1 Å². The number of halogens is 1. The molecule has 274 valence electrons. The number of anilines is 6. The minimum atomic E-state index is -0.378. The largest absolute Gasteiger partial charge is 0.310 e. The van der Waals surface area contributed by atoms with E-state index in [1.54, 1.807) is 0 Å². The van der Waals surface area contributed by atoms with E-state index in [4.69, 9.17) is 11.6 Å². The fraction of sp³-hybridized carbons (Fsp3) is 0.0182. The monoisotopic (exact) mass is 760 g/mol. The Morgan fingerprint density at radius 1 is 0.293 bits per heavy atom. The molecular formula is C55H37ClN2. The normalized spacial score (nSPS) is 12.7. The molecule has 0 bridgehead atoms. The fourth-order valence-corrected chi connectivity index (χ4v) is 9.79. The highest BCUT2D eigenvalue weighted by molar-refractivity contribution is 6.30. The Morgan fingerprint density at radius 3 is 1.28 bits per heavy atom. The number of hydrogen-bond donors (Lipinski definition) is 0. The highest BCUT2D eigenvalue weighted by Gasteiger charge is 2.51. The SMILES string of the molecule is Clc1cccc(N(c2ccc(-c3cccc4c3-c3ccccc3C43c4ccccc4-c4ccccc43)cc2)c2cccc(N(c3ccccc3)c3ccccc3)c2)c1. The van der Waals surface area contributed by atoms with Crippen LogP contribution in [-0.4, -0.2) is 0 Å². The van der Waals surface area contributed by atoms with Gasteiger partial charge in [0.1, 0.15) is 0 Å². The van der Waals surface area contributed by atoms with E-state index in [0.717, 1.165) is 34.1 Å². The molecule has 0 atom stereocenters. The Bertz CT molecular complexity index is 2890. The molecule has 58 heavy (non-hydrogen) atoms. The van der Waals surface area contributed by atoms with Gasteiger partial charge in [-0.25, -0.2) is 0 Å². The second-order valence-corrected chi connectivity index (χ2v) is 15.4. The van der Waals surface area contributed by atoms with Gasteiger partial charge in [0.2, 0.25) is 0 Å². The summed E-state index contributed by atoms with van der Waals surface area (Å²) in [6, 6.07) is 80.8. The van der Waals surface area contributed by atoms with Crippen molar-refractivity contribution in [3.05, 3.63) is 252 Å². The number of benzene rings is 9. The molecule has 2 nitrogen and oxygen atoms in total. The van der Waals surface area contributed by atoms with Crippen molar-refractivity contribution in [2.24, 2.45) is 0 Å². The summed E-state index contributed by atoms with van der Waals surface area (Å²) < 4.78 is 0. The van der Waals surface area contributed by atoms with Crippen molar-refractivity contribution < 1.29 is 0 Å². The molecule has 0 unspecified atom stereocenters. The van der Waals surface area contributed by atoms with Crippen LogP contribution in [-0.2, 0) is 5.41 Å². The third kappa shape index (κ3) is 5.26. The van der Waals surface area contributed by atoms with Crippen LogP contribution < -0.4 is 9.80 Å². The average Bonchev–Trinajstić information content (AvgIpc) is 3.76. The van der Waals surface area contributed by atoms with Gasteiger partial charge in [-0.05, 0) is 128 Å². The highest BCUT2D eigenvalue weighted by Crippen LogP contribution is 2.64. The van der Waals surface area contributed by atoms with E-state index in [1.165, 1.54) is 55.6 Å². The van der Waals surface area contributed by atoms with Gasteiger partial charge < -0.3 is 9.80 Å². The maximum Gasteiger partial charge on any atom is 0.0725 e. The molecule has 2 aliphatic rings. The summed E-state index contributed by atoms with van der Waals surface area (Å²) >= 11 is 6.69. The van der Waals surface area contributed by atoms with Gasteiger partial charge in [-0.15, -0.1) is 0 Å². The van der Waals surface area contributed by atoms with E-state index in [-0.39, 0.29) is 5.41 Å². The van der Waals surface area contributed by atoms with Crippen molar-refractivity contribution in [3.8, 4) is 33.4 Å². The standard InChI is InChI=1S/C55H37ClN2/c56-39-16-13-21-43(36-39)58(45-23-14-22-44(37-45)57(40-17-3-1-4-18-40)41-19-5-2-6-20-41)42-34-32-38(33-35-42)46-27-15-31-53-54(46)49-26-9-12-30-52(49)55(53)50-28-10-7-24-47(50)48-25-8-11-29-51(48)55/h1-37H. The highest BCUT2D eigenvalue weighted by atomic mass is 35.5. The molecule has 9 aromatic rings. The molecular weight excluding hydrogens is 724 g/mol. The predicted molar refractivity (Wildman–Crippen MR) is 243 cm³/mol. The zero-order chi connectivity index (χ0) is 38.6. The zero-order valence-corrected chi connectivity index (χ0v) is 32.4. The lowest BCUT2D eigenvalue weighted by Crippen LogP contribution is -2.25. The van der Waals surface area contributed by atoms with Crippen LogP contribution in [0, 0.1) is 0 Å². The molecule has 0 aliphatic heterocycles. The predicted octanol–water partition coefficient (Wildman–Crippen LogP) is 15.3. The van der Waals surface area contributed by atoms with E-state index in [2.05, 4.69) is 216 Å². The van der Waals surface area contributed by atoms with Gasteiger partial charge in [-0.1, -0.05) is 163 Å². The van der Waals surface area contributed by atoms with Crippen molar-refractivity contribution in [1.29, 1.82) is 0 Å². The summed E-state index contributed by atoms with van der Waals surface area (Å²) in [6.07, 6.45) is 0. The van der Waals surface area contributed by atoms with Crippen molar-refractivity contribution in [2.75, 3.05) is 9.80 Å². The van der Waals surface area contributed by atoms with E-state index < -0.39 is 0 Å². The summed E-state index contributed by atoms with van der Waals surface area (Å²) in [5.74, 6) is 0. The van der Waals surface area contributed by atoms with Crippen LogP contribution in [0.5, 0.6) is 0 Å². The molecule has 0 radical (unpaired) electrons. The molecule has 0 amide bonds. The number of hydrogen-bond acceptors (Lipinski definition) is 2. The molecule has 0 N–H and O–H groups in total. The first kappa shape index (κ1) is 34.1. The number of para-hydroxylation sites is 2. The zero-order valence-electron chi connectivity index (χ0n) is 31.6. The van der Waals surface area contributed by atoms with Crippen molar-refractivity contribution >= 4 is 45.7 Å². The molecule has 3 heteroatoms. The summed E-state index contributed by atoms with van der Waals surface area (Å²) in [4.78, 5) is 4.59. The lowest BCUT2D eigenvalue weighted by atomic mass is 9.70. The molecule has 0 fully saturated rings. The van der Waals surface area contributed by atoms with Crippen LogP contribution in [0.25, 0.3) is 33.4 Å². The third-order valence-corrected chi connectivity index (χ3v) is 12.1. The minimum absolute atomic E-state index is 0.378. The summed E-state index contributed by atoms with van der Waals surface area (Å²) in [5, 5.41) is 0.688. The Labute approximate surface area is 344 Å². The molecule has 2 aliphatic carbocycles. The number of rotatable bonds is 7. The third-order valence-electron chi connectivity index (χ3n) is 11.9. The average molecular weight is 761 g/mol. The van der Waals surface area contributed by atoms with Crippen LogP contribution >= 0.6 is 11.6 Å². The Morgan fingerprint density at radius 2 is 0.690 bits per heavy atom. The first-order valence-electron chi connectivity index (χ1n) is 19.8. The van der Waals surface area contributed by atoms with Gasteiger partial charge in [0.05, 0.1) is 5.41 Å². The Balaban J connectivity index is 1.05. The second kappa shape index (κ2) is 13.8. The van der Waals surface area contributed by atoms with Crippen LogP contribution in [0.1, 0.15) is 22.3 Å². The molecule has 0 saturated heterocycles. The lowest BCUT2D eigenvalue weighted by Gasteiger charge is -2.30. The van der Waals surface area contributed by atoms with Crippen molar-refractivity contribution in [1.82, 2.24) is 0 Å². The molecule has 0 aromatic heterocycles. The summed E-state index contributed by atoms with van der Waals surface area (Å²) in [6.45, 7) is 0. The topological polar surface area (TPSA) is 6.48 Å². The summed E-state index contributed by atoms with van der Waals surface area (Å²) in [5.41, 5.74) is 18.9. The maximum absolute atomic E-state index is 6.69. The molecule has 1 spiro atoms. The second-order valence-electron chi connectivity index (χ2n) is 15.0. The van der Waals surface area contributed by atoms with E-state index in [1.807, 2.05) is 18.2 Å². The lowest BCUT2D eigenvalue weighted by molar-refractivity contribution is 0.794. The smallest absolute Gasteiger partial charge is 0.0725 e. The van der Waals surface area contributed by atoms with E-state index >= 15 is 0 Å². The Kier molecular flexibility index (Phi) is 8.13. The minimum Gasteiger partial charge on any atom is -0.310 e. The maximum atomic E-state index is 6.69. The van der Waals surface area contributed by atoms with E-state index in [0.29, 0.717) is 5.02 Å². The van der Waals surface area contributed by atoms with Gasteiger partial charge in [-0.3, -0.25) is 0 Å². The van der Waals surface area contributed by atoms with Crippen LogP contribution in [0.2, 0.25) is 5.02 Å². The number of nitrogens with zero attached hydrogens (tertiary/aromatic N) is 2. The Hall–Kier alpha value is -7.13. The summed E-state index contributed by atoms with van der Waals surface area (Å²) in [7, 11) is 0. The molecule has 0 saturated carbocycles. The fourth-order valence-electron chi connectivity index (χ4n) is 9.61.